The molecule has 2 rings (SSSR count). The molecule has 0 spiro atoms. The van der Waals surface area contributed by atoms with Crippen LogP contribution >= 0.6 is 0 Å². The number of nitriles is 1. The van der Waals surface area contributed by atoms with E-state index < -0.39 is 5.82 Å². The molecule has 0 saturated heterocycles. The van der Waals surface area contributed by atoms with Gasteiger partial charge in [0.15, 0.2) is 0 Å². The zero-order valence-electron chi connectivity index (χ0n) is 7.34. The number of benzene rings is 1. The molecule has 1 aromatic heterocycles. The lowest BCUT2D eigenvalue weighted by molar-refractivity contribution is 0.636. The molecule has 0 fully saturated rings. The Balaban J connectivity index is 2.75. The summed E-state index contributed by atoms with van der Waals surface area (Å²) < 4.78 is 13.4. The van der Waals surface area contributed by atoms with Crippen LogP contribution in [0.4, 0.5) is 4.39 Å². The van der Waals surface area contributed by atoms with Crippen molar-refractivity contribution in [2.45, 2.75) is 6.32 Å². The van der Waals surface area contributed by atoms with Crippen LogP contribution in [0, 0.1) is 17.1 Å². The Morgan fingerprint density at radius 1 is 1.43 bits per heavy atom. The first-order chi connectivity index (χ1) is 6.74. The molecule has 66 valence electrons. The van der Waals surface area contributed by atoms with Gasteiger partial charge in [0.05, 0.1) is 25.0 Å². The molecule has 4 heteroatoms. The Hall–Kier alpha value is -1.76. The lowest BCUT2D eigenvalue weighted by Crippen LogP contribution is -1.83. The second-order valence-electron chi connectivity index (χ2n) is 3.03. The molecule has 0 aliphatic heterocycles. The lowest BCUT2D eigenvalue weighted by Gasteiger charge is -1.93. The van der Waals surface area contributed by atoms with Gasteiger partial charge < -0.3 is 4.98 Å². The minimum Gasteiger partial charge on any atom is -0.357 e. The third-order valence-corrected chi connectivity index (χ3v) is 2.09. The van der Waals surface area contributed by atoms with Gasteiger partial charge in [-0.15, -0.1) is 0 Å². The first-order valence-electron chi connectivity index (χ1n) is 4.16. The maximum atomic E-state index is 13.4. The van der Waals surface area contributed by atoms with Crippen molar-refractivity contribution >= 4 is 18.7 Å². The molecule has 0 amide bonds. The predicted octanol–water partition coefficient (Wildman–Crippen LogP) is 1.85. The zero-order chi connectivity index (χ0) is 10.1. The van der Waals surface area contributed by atoms with E-state index >= 15 is 0 Å². The van der Waals surface area contributed by atoms with Crippen molar-refractivity contribution in [3.8, 4) is 6.07 Å². The van der Waals surface area contributed by atoms with Crippen LogP contribution in [-0.2, 0) is 6.32 Å². The van der Waals surface area contributed by atoms with E-state index in [1.54, 1.807) is 12.1 Å². The van der Waals surface area contributed by atoms with Crippen LogP contribution in [0.1, 0.15) is 11.3 Å². The van der Waals surface area contributed by atoms with Gasteiger partial charge in [-0.05, 0) is 24.5 Å². The van der Waals surface area contributed by atoms with Gasteiger partial charge in [-0.2, -0.15) is 5.26 Å². The van der Waals surface area contributed by atoms with Gasteiger partial charge in [-0.3, -0.25) is 0 Å². The molecule has 2 radical (unpaired) electrons. The number of fused-ring (bicyclic) bond motifs is 1. The third-order valence-electron chi connectivity index (χ3n) is 2.09. The summed E-state index contributed by atoms with van der Waals surface area (Å²) in [7, 11) is 5.42. The predicted molar refractivity (Wildman–Crippen MR) is 52.4 cm³/mol. The summed E-state index contributed by atoms with van der Waals surface area (Å²) in [5, 5.41) is 9.32. The van der Waals surface area contributed by atoms with Gasteiger partial charge in [0.1, 0.15) is 5.82 Å². The fraction of sp³-hybridized carbons (Fsp3) is 0.100. The van der Waals surface area contributed by atoms with Gasteiger partial charge in [0.2, 0.25) is 0 Å². The molecule has 2 aromatic rings. The number of H-pyrrole nitrogens is 1. The number of rotatable bonds is 1. The fourth-order valence-corrected chi connectivity index (χ4v) is 1.43. The topological polar surface area (TPSA) is 39.6 Å². The monoisotopic (exact) mass is 184 g/mol. The number of halogens is 1. The molecule has 0 aliphatic rings. The number of hydrogen-bond acceptors (Lipinski definition) is 1. The van der Waals surface area contributed by atoms with E-state index in [0.717, 1.165) is 5.69 Å². The normalized spacial score (nSPS) is 10.3. The second kappa shape index (κ2) is 3.19. The van der Waals surface area contributed by atoms with Crippen LogP contribution in [0.3, 0.4) is 0 Å². The van der Waals surface area contributed by atoms with Crippen molar-refractivity contribution in [3.05, 3.63) is 35.3 Å². The van der Waals surface area contributed by atoms with Gasteiger partial charge >= 0.3 is 0 Å². The molecule has 1 aromatic carbocycles. The van der Waals surface area contributed by atoms with Crippen LogP contribution in [0.15, 0.2) is 18.2 Å². The molecule has 0 atom stereocenters. The van der Waals surface area contributed by atoms with E-state index in [-0.39, 0.29) is 0 Å². The number of nitrogens with zero attached hydrogens (tertiary/aromatic N) is 1. The van der Waals surface area contributed by atoms with E-state index in [1.165, 1.54) is 6.07 Å². The van der Waals surface area contributed by atoms with E-state index in [1.807, 2.05) is 6.07 Å². The van der Waals surface area contributed by atoms with Crippen LogP contribution in [0.2, 0.25) is 0 Å². The largest absolute Gasteiger partial charge is 0.357 e. The number of nitrogens with one attached hydrogen (secondary N) is 1. The van der Waals surface area contributed by atoms with Crippen LogP contribution < -0.4 is 0 Å². The summed E-state index contributed by atoms with van der Waals surface area (Å²) >= 11 is 0. The fourth-order valence-electron chi connectivity index (χ4n) is 1.43. The van der Waals surface area contributed by atoms with Crippen molar-refractivity contribution in [1.82, 2.24) is 4.98 Å². The van der Waals surface area contributed by atoms with E-state index in [2.05, 4.69) is 4.98 Å². The summed E-state index contributed by atoms with van der Waals surface area (Å²) in [4.78, 5) is 2.86. The first kappa shape index (κ1) is 8.83. The Labute approximate surface area is 81.8 Å². The lowest BCUT2D eigenvalue weighted by atomic mass is 10.0. The van der Waals surface area contributed by atoms with Crippen molar-refractivity contribution in [2.24, 2.45) is 0 Å². The van der Waals surface area contributed by atoms with Gasteiger partial charge in [-0.1, -0.05) is 0 Å². The maximum Gasteiger partial charge on any atom is 0.148 e. The Kier molecular flexibility index (Phi) is 2.01. The quantitative estimate of drug-likeness (QED) is 0.674. The number of aromatic amines is 1. The van der Waals surface area contributed by atoms with Crippen molar-refractivity contribution < 1.29 is 4.39 Å². The molecule has 0 aliphatic carbocycles. The third kappa shape index (κ3) is 1.27. The molecule has 0 bridgehead atoms. The molecular weight excluding hydrogens is 178 g/mol. The minimum absolute atomic E-state index is 0.317. The highest BCUT2D eigenvalue weighted by Gasteiger charge is 2.06. The first-order valence-corrected chi connectivity index (χ1v) is 4.16. The summed E-state index contributed by atoms with van der Waals surface area (Å²) in [5.74, 6) is -0.418. The van der Waals surface area contributed by atoms with Crippen LogP contribution in [0.5, 0.6) is 0 Å². The molecule has 1 heterocycles. The van der Waals surface area contributed by atoms with Crippen molar-refractivity contribution in [3.63, 3.8) is 0 Å². The summed E-state index contributed by atoms with van der Waals surface area (Å²) in [6, 6.07) is 6.49. The van der Waals surface area contributed by atoms with Crippen molar-refractivity contribution in [2.75, 3.05) is 0 Å². The summed E-state index contributed by atoms with van der Waals surface area (Å²) in [6.07, 6.45) is 0.329. The molecular formula is C10H6BFN2. The summed E-state index contributed by atoms with van der Waals surface area (Å²) in [6.45, 7) is 0. The van der Waals surface area contributed by atoms with E-state index in [0.29, 0.717) is 22.8 Å². The van der Waals surface area contributed by atoms with E-state index in [4.69, 9.17) is 13.1 Å². The zero-order valence-corrected chi connectivity index (χ0v) is 7.34. The molecule has 14 heavy (non-hydrogen) atoms. The molecule has 1 N–H and O–H groups in total. The second-order valence-corrected chi connectivity index (χ2v) is 3.03. The molecule has 0 unspecified atom stereocenters. The van der Waals surface area contributed by atoms with Crippen LogP contribution in [-0.4, -0.2) is 12.8 Å². The Bertz CT molecular complexity index is 525. The SMILES string of the molecule is [B]Cc1cc2cc(C#N)cc(F)c2[nH]1. The standard InChI is InChI=1S/C10H6BFN2/c11-4-8-3-7-1-6(5-13)2-9(12)10(7)14-8/h1-3,14H,4H2. The maximum absolute atomic E-state index is 13.4. The molecule has 0 saturated carbocycles. The van der Waals surface area contributed by atoms with Crippen molar-refractivity contribution in [1.29, 1.82) is 5.26 Å². The molecule has 2 nitrogen and oxygen atoms in total. The highest BCUT2D eigenvalue weighted by molar-refractivity contribution is 6.08. The average Bonchev–Trinajstić information content (AvgIpc) is 2.61. The Morgan fingerprint density at radius 3 is 2.86 bits per heavy atom. The van der Waals surface area contributed by atoms with Gasteiger partial charge in [0.25, 0.3) is 0 Å². The van der Waals surface area contributed by atoms with Gasteiger partial charge in [-0.25, -0.2) is 4.39 Å². The summed E-state index contributed by atoms with van der Waals surface area (Å²) in [5.41, 5.74) is 1.48. The highest BCUT2D eigenvalue weighted by Crippen LogP contribution is 2.20. The average molecular weight is 184 g/mol. The number of hydrogen-bond donors (Lipinski definition) is 1. The Morgan fingerprint density at radius 2 is 2.21 bits per heavy atom. The smallest absolute Gasteiger partial charge is 0.148 e. The highest BCUT2D eigenvalue weighted by atomic mass is 19.1. The minimum atomic E-state index is -0.418. The van der Waals surface area contributed by atoms with E-state index in [9.17, 15) is 4.39 Å². The number of aromatic nitrogens is 1. The van der Waals surface area contributed by atoms with Crippen LogP contribution in [0.25, 0.3) is 10.9 Å². The van der Waals surface area contributed by atoms with Gasteiger partial charge in [0, 0.05) is 11.1 Å².